The number of halogens is 1. The van der Waals surface area contributed by atoms with Crippen molar-refractivity contribution in [1.29, 1.82) is 0 Å². The van der Waals surface area contributed by atoms with Crippen LogP contribution in [0.25, 0.3) is 5.69 Å². The van der Waals surface area contributed by atoms with E-state index >= 15 is 0 Å². The van der Waals surface area contributed by atoms with Crippen LogP contribution in [-0.2, 0) is 6.61 Å². The van der Waals surface area contributed by atoms with Crippen LogP contribution >= 0.6 is 0 Å². The van der Waals surface area contributed by atoms with Crippen molar-refractivity contribution in [3.05, 3.63) is 41.7 Å². The first-order valence-electron chi connectivity index (χ1n) is 4.95. The zero-order chi connectivity index (χ0) is 12.0. The smallest absolute Gasteiger partial charge is 0.269 e. The molecule has 0 atom stereocenters. The van der Waals surface area contributed by atoms with Gasteiger partial charge in [-0.15, -0.1) is 0 Å². The minimum Gasteiger partial charge on any atom is -0.485 e. The topological polar surface area (TPSA) is 70.1 Å². The third-order valence-corrected chi connectivity index (χ3v) is 2.65. The summed E-state index contributed by atoms with van der Waals surface area (Å²) in [6.07, 6.45) is 1.48. The Morgan fingerprint density at radius 1 is 1.53 bits per heavy atom. The molecule has 0 bridgehead atoms. The molecule has 0 saturated carbocycles. The number of ether oxygens (including phenoxy) is 1. The summed E-state index contributed by atoms with van der Waals surface area (Å²) in [5.41, 5.74) is 6.60. The van der Waals surface area contributed by atoms with Gasteiger partial charge in [-0.1, -0.05) is 0 Å². The number of hydrogen-bond donors (Lipinski definition) is 1. The molecule has 0 aliphatic carbocycles. The quantitative estimate of drug-likeness (QED) is 0.798. The van der Waals surface area contributed by atoms with Crippen LogP contribution in [0.5, 0.6) is 5.75 Å². The summed E-state index contributed by atoms with van der Waals surface area (Å²) < 4.78 is 20.1. The van der Waals surface area contributed by atoms with Gasteiger partial charge in [0.25, 0.3) is 5.91 Å². The Hall–Kier alpha value is -2.37. The van der Waals surface area contributed by atoms with Crippen molar-refractivity contribution >= 4 is 5.91 Å². The van der Waals surface area contributed by atoms with Crippen molar-refractivity contribution in [2.45, 2.75) is 6.61 Å². The van der Waals surface area contributed by atoms with E-state index in [-0.39, 0.29) is 18.1 Å². The summed E-state index contributed by atoms with van der Waals surface area (Å²) in [4.78, 5) is 15.1. The van der Waals surface area contributed by atoms with E-state index in [0.717, 1.165) is 0 Å². The Morgan fingerprint density at radius 2 is 2.35 bits per heavy atom. The van der Waals surface area contributed by atoms with Gasteiger partial charge in [-0.25, -0.2) is 9.37 Å². The van der Waals surface area contributed by atoms with Gasteiger partial charge >= 0.3 is 0 Å². The molecule has 2 N–H and O–H groups in total. The SMILES string of the molecule is NC(=O)c1ncn2c1COc1cc(F)ccc1-2. The maximum absolute atomic E-state index is 13.0. The zero-order valence-electron chi connectivity index (χ0n) is 8.68. The Kier molecular flexibility index (Phi) is 1.91. The largest absolute Gasteiger partial charge is 0.485 e. The number of carbonyl (C=O) groups excluding carboxylic acids is 1. The highest BCUT2D eigenvalue weighted by molar-refractivity contribution is 5.92. The highest BCUT2D eigenvalue weighted by Crippen LogP contribution is 2.31. The lowest BCUT2D eigenvalue weighted by Crippen LogP contribution is -2.19. The van der Waals surface area contributed by atoms with Crippen molar-refractivity contribution in [1.82, 2.24) is 9.55 Å². The molecule has 1 aromatic carbocycles. The Morgan fingerprint density at radius 3 is 3.12 bits per heavy atom. The molecule has 0 saturated heterocycles. The van der Waals surface area contributed by atoms with Gasteiger partial charge in [0.05, 0.1) is 11.4 Å². The highest BCUT2D eigenvalue weighted by Gasteiger charge is 2.23. The summed E-state index contributed by atoms with van der Waals surface area (Å²) in [5.74, 6) is -0.554. The summed E-state index contributed by atoms with van der Waals surface area (Å²) in [6.45, 7) is 0.148. The van der Waals surface area contributed by atoms with E-state index in [4.69, 9.17) is 10.5 Å². The van der Waals surface area contributed by atoms with Gasteiger partial charge in [-0.05, 0) is 12.1 Å². The maximum atomic E-state index is 13.0. The molecule has 2 aromatic rings. The molecule has 1 amide bonds. The van der Waals surface area contributed by atoms with Gasteiger partial charge in [0.15, 0.2) is 5.69 Å². The number of hydrogen-bond acceptors (Lipinski definition) is 3. The van der Waals surface area contributed by atoms with Gasteiger partial charge in [-0.2, -0.15) is 0 Å². The van der Waals surface area contributed by atoms with Crippen LogP contribution in [0.1, 0.15) is 16.2 Å². The van der Waals surface area contributed by atoms with Crippen molar-refractivity contribution in [2.75, 3.05) is 0 Å². The number of aromatic nitrogens is 2. The van der Waals surface area contributed by atoms with E-state index in [9.17, 15) is 9.18 Å². The highest BCUT2D eigenvalue weighted by atomic mass is 19.1. The van der Waals surface area contributed by atoms with Crippen molar-refractivity contribution in [2.24, 2.45) is 5.73 Å². The fraction of sp³-hybridized carbons (Fsp3) is 0.0909. The first-order valence-corrected chi connectivity index (χ1v) is 4.95. The zero-order valence-corrected chi connectivity index (χ0v) is 8.68. The van der Waals surface area contributed by atoms with Gasteiger partial charge in [0, 0.05) is 6.07 Å². The van der Waals surface area contributed by atoms with Crippen LogP contribution in [0.2, 0.25) is 0 Å². The second-order valence-corrected chi connectivity index (χ2v) is 3.67. The lowest BCUT2D eigenvalue weighted by molar-refractivity contribution is 0.0993. The lowest BCUT2D eigenvalue weighted by Gasteiger charge is -2.20. The molecule has 3 rings (SSSR count). The Labute approximate surface area is 95.6 Å². The summed E-state index contributed by atoms with van der Waals surface area (Å²) in [6, 6.07) is 4.18. The predicted octanol–water partition coefficient (Wildman–Crippen LogP) is 1.00. The third kappa shape index (κ3) is 1.37. The molecule has 0 unspecified atom stereocenters. The maximum Gasteiger partial charge on any atom is 0.269 e. The average Bonchev–Trinajstić information content (AvgIpc) is 2.72. The molecule has 17 heavy (non-hydrogen) atoms. The molecule has 6 heteroatoms. The second-order valence-electron chi connectivity index (χ2n) is 3.67. The molecule has 1 aliphatic heterocycles. The molecule has 5 nitrogen and oxygen atoms in total. The van der Waals surface area contributed by atoms with E-state index in [1.165, 1.54) is 18.5 Å². The molecular formula is C11H8FN3O2. The first-order chi connectivity index (χ1) is 8.16. The first kappa shape index (κ1) is 9.83. The normalized spacial score (nSPS) is 12.5. The molecule has 2 heterocycles. The number of amides is 1. The van der Waals surface area contributed by atoms with E-state index < -0.39 is 5.91 Å². The minimum absolute atomic E-state index is 0.148. The number of carbonyl (C=O) groups is 1. The third-order valence-electron chi connectivity index (χ3n) is 2.65. The number of imidazole rings is 1. The van der Waals surface area contributed by atoms with Crippen LogP contribution in [0.4, 0.5) is 4.39 Å². The van der Waals surface area contributed by atoms with Crippen LogP contribution in [0.15, 0.2) is 24.5 Å². The second kappa shape index (κ2) is 3.31. The molecule has 1 aliphatic rings. The molecule has 0 spiro atoms. The summed E-state index contributed by atoms with van der Waals surface area (Å²) >= 11 is 0. The number of nitrogens with zero attached hydrogens (tertiary/aromatic N) is 2. The Bertz CT molecular complexity index is 621. The molecule has 1 aromatic heterocycles. The van der Waals surface area contributed by atoms with Crippen molar-refractivity contribution in [3.8, 4) is 11.4 Å². The number of benzene rings is 1. The molecule has 86 valence electrons. The van der Waals surface area contributed by atoms with E-state index in [1.807, 2.05) is 0 Å². The molecule has 0 radical (unpaired) electrons. The average molecular weight is 233 g/mol. The number of primary amides is 1. The van der Waals surface area contributed by atoms with Crippen molar-refractivity contribution in [3.63, 3.8) is 0 Å². The van der Waals surface area contributed by atoms with Crippen molar-refractivity contribution < 1.29 is 13.9 Å². The van der Waals surface area contributed by atoms with E-state index in [1.54, 1.807) is 10.6 Å². The Balaban J connectivity index is 2.21. The predicted molar refractivity (Wildman–Crippen MR) is 56.4 cm³/mol. The number of fused-ring (bicyclic) bond motifs is 3. The van der Waals surface area contributed by atoms with Crippen LogP contribution in [0, 0.1) is 5.82 Å². The van der Waals surface area contributed by atoms with E-state index in [2.05, 4.69) is 4.98 Å². The van der Waals surface area contributed by atoms with Crippen LogP contribution < -0.4 is 10.5 Å². The standard InChI is InChI=1S/C11H8FN3O2/c12-6-1-2-7-9(3-6)17-4-8-10(11(13)16)14-5-15(7)8/h1-3,5H,4H2,(H2,13,16). The fourth-order valence-corrected chi connectivity index (χ4v) is 1.87. The lowest BCUT2D eigenvalue weighted by atomic mass is 10.2. The van der Waals surface area contributed by atoms with Crippen LogP contribution in [-0.4, -0.2) is 15.5 Å². The van der Waals surface area contributed by atoms with Gasteiger partial charge in [0.1, 0.15) is 24.5 Å². The monoisotopic (exact) mass is 233 g/mol. The number of rotatable bonds is 1. The molecule has 0 fully saturated rings. The minimum atomic E-state index is -0.604. The van der Waals surface area contributed by atoms with Gasteiger partial charge in [-0.3, -0.25) is 9.36 Å². The fourth-order valence-electron chi connectivity index (χ4n) is 1.87. The van der Waals surface area contributed by atoms with Crippen LogP contribution in [0.3, 0.4) is 0 Å². The molecular weight excluding hydrogens is 225 g/mol. The van der Waals surface area contributed by atoms with E-state index in [0.29, 0.717) is 17.1 Å². The number of nitrogens with two attached hydrogens (primary N) is 1. The summed E-state index contributed by atoms with van der Waals surface area (Å²) in [5, 5.41) is 0. The van der Waals surface area contributed by atoms with Gasteiger partial charge in [0.2, 0.25) is 0 Å². The van der Waals surface area contributed by atoms with Gasteiger partial charge < -0.3 is 10.5 Å². The summed E-state index contributed by atoms with van der Waals surface area (Å²) in [7, 11) is 0.